The second-order valence-electron chi connectivity index (χ2n) is 6.83. The molecule has 1 fully saturated rings. The minimum atomic E-state index is -4.52. The Morgan fingerprint density at radius 1 is 1.33 bits per heavy atom. The van der Waals surface area contributed by atoms with Crippen molar-refractivity contribution < 1.29 is 18.0 Å². The molecule has 1 aromatic carbocycles. The van der Waals surface area contributed by atoms with Gasteiger partial charge in [-0.15, -0.1) is 21.5 Å². The highest BCUT2D eigenvalue weighted by Crippen LogP contribution is 2.42. The maximum absolute atomic E-state index is 13.0. The molecule has 5 nitrogen and oxygen atoms in total. The van der Waals surface area contributed by atoms with Crippen molar-refractivity contribution in [3.63, 3.8) is 0 Å². The Morgan fingerprint density at radius 2 is 2.10 bits per heavy atom. The molecule has 1 aliphatic carbocycles. The van der Waals surface area contributed by atoms with Crippen LogP contribution in [0.3, 0.4) is 0 Å². The van der Waals surface area contributed by atoms with Crippen molar-refractivity contribution in [1.29, 1.82) is 0 Å². The number of alkyl halides is 3. The van der Waals surface area contributed by atoms with Crippen LogP contribution in [0.25, 0.3) is 10.7 Å². The number of hydrogen-bond donors (Lipinski definition) is 1. The first-order chi connectivity index (χ1) is 14.2. The van der Waals surface area contributed by atoms with Crippen LogP contribution in [0.1, 0.15) is 31.4 Å². The molecule has 3 aromatic rings. The molecular formula is C19H16ClF3N4OS2. The van der Waals surface area contributed by atoms with Crippen LogP contribution >= 0.6 is 34.7 Å². The molecule has 1 amide bonds. The summed E-state index contributed by atoms with van der Waals surface area (Å²) in [5, 5.41) is 13.0. The minimum Gasteiger partial charge on any atom is -0.324 e. The first-order valence-electron chi connectivity index (χ1n) is 9.07. The molecule has 1 saturated carbocycles. The van der Waals surface area contributed by atoms with E-state index in [2.05, 4.69) is 15.5 Å². The highest BCUT2D eigenvalue weighted by Gasteiger charge is 2.33. The maximum atomic E-state index is 13.0. The van der Waals surface area contributed by atoms with Gasteiger partial charge in [-0.05, 0) is 49.4 Å². The molecule has 0 spiro atoms. The Hall–Kier alpha value is -2.04. The number of nitrogens with one attached hydrogen (secondary N) is 1. The molecule has 0 unspecified atom stereocenters. The summed E-state index contributed by atoms with van der Waals surface area (Å²) in [5.74, 6) is 0.299. The van der Waals surface area contributed by atoms with Gasteiger partial charge in [-0.25, -0.2) is 0 Å². The topological polar surface area (TPSA) is 59.8 Å². The van der Waals surface area contributed by atoms with Gasteiger partial charge < -0.3 is 5.32 Å². The largest absolute Gasteiger partial charge is 0.416 e. The van der Waals surface area contributed by atoms with E-state index in [1.165, 1.54) is 11.8 Å². The minimum absolute atomic E-state index is 0.0367. The number of rotatable bonds is 6. The van der Waals surface area contributed by atoms with Gasteiger partial charge in [0.1, 0.15) is 0 Å². The number of carbonyl (C=O) groups excluding carboxylic acids is 1. The van der Waals surface area contributed by atoms with Gasteiger partial charge in [0, 0.05) is 6.04 Å². The number of amides is 1. The molecule has 30 heavy (non-hydrogen) atoms. The Kier molecular flexibility index (Phi) is 5.82. The number of thiophene rings is 1. The number of anilines is 1. The molecule has 4 rings (SSSR count). The van der Waals surface area contributed by atoms with Crippen LogP contribution in [0.2, 0.25) is 5.02 Å². The number of benzene rings is 1. The van der Waals surface area contributed by atoms with Crippen molar-refractivity contribution in [1.82, 2.24) is 14.8 Å². The Labute approximate surface area is 183 Å². The van der Waals surface area contributed by atoms with Crippen LogP contribution in [-0.2, 0) is 11.0 Å². The quantitative estimate of drug-likeness (QED) is 0.438. The predicted octanol–water partition coefficient (Wildman–Crippen LogP) is 6.13. The zero-order chi connectivity index (χ0) is 21.5. The summed E-state index contributed by atoms with van der Waals surface area (Å²) in [6.45, 7) is 1.66. The van der Waals surface area contributed by atoms with Gasteiger partial charge >= 0.3 is 6.18 Å². The molecule has 2 heterocycles. The highest BCUT2D eigenvalue weighted by molar-refractivity contribution is 8.00. The zero-order valence-corrected chi connectivity index (χ0v) is 18.0. The van der Waals surface area contributed by atoms with Gasteiger partial charge in [-0.1, -0.05) is 29.4 Å². The second-order valence-corrected chi connectivity index (χ2v) is 9.49. The van der Waals surface area contributed by atoms with Gasteiger partial charge in [0.2, 0.25) is 5.91 Å². The molecule has 1 aliphatic rings. The highest BCUT2D eigenvalue weighted by atomic mass is 35.5. The summed E-state index contributed by atoms with van der Waals surface area (Å²) >= 11 is 8.75. The van der Waals surface area contributed by atoms with Crippen LogP contribution < -0.4 is 5.32 Å². The van der Waals surface area contributed by atoms with Crippen LogP contribution in [0.5, 0.6) is 0 Å². The summed E-state index contributed by atoms with van der Waals surface area (Å²) in [5.41, 5.74) is -0.955. The lowest BCUT2D eigenvalue weighted by molar-refractivity contribution is -0.137. The van der Waals surface area contributed by atoms with E-state index in [1.54, 1.807) is 18.3 Å². The van der Waals surface area contributed by atoms with E-state index in [4.69, 9.17) is 11.6 Å². The SMILES string of the molecule is C[C@H](Sc1nnc(-c2cccs2)n1C1CC1)C(=O)Nc1cc(C(F)(F)F)ccc1Cl. The van der Waals surface area contributed by atoms with E-state index in [0.29, 0.717) is 11.2 Å². The molecule has 11 heteroatoms. The first kappa shape index (κ1) is 21.2. The fourth-order valence-electron chi connectivity index (χ4n) is 2.84. The lowest BCUT2D eigenvalue weighted by Crippen LogP contribution is -2.23. The molecular weight excluding hydrogens is 457 g/mol. The molecule has 0 radical (unpaired) electrons. The Bertz CT molecular complexity index is 1060. The monoisotopic (exact) mass is 472 g/mol. The van der Waals surface area contributed by atoms with Gasteiger partial charge in [-0.2, -0.15) is 13.2 Å². The third-order valence-corrected chi connectivity index (χ3v) is 6.77. The number of carbonyl (C=O) groups is 1. The van der Waals surface area contributed by atoms with Gasteiger partial charge in [0.25, 0.3) is 0 Å². The van der Waals surface area contributed by atoms with Crippen LogP contribution in [0, 0.1) is 0 Å². The van der Waals surface area contributed by atoms with Crippen molar-refractivity contribution in [3.8, 4) is 10.7 Å². The van der Waals surface area contributed by atoms with Crippen molar-refractivity contribution in [3.05, 3.63) is 46.3 Å². The third kappa shape index (κ3) is 4.50. The van der Waals surface area contributed by atoms with E-state index in [9.17, 15) is 18.0 Å². The van der Waals surface area contributed by atoms with E-state index in [-0.39, 0.29) is 10.7 Å². The summed E-state index contributed by atoms with van der Waals surface area (Å²) in [4.78, 5) is 13.6. The Morgan fingerprint density at radius 3 is 2.73 bits per heavy atom. The van der Waals surface area contributed by atoms with Gasteiger partial charge in [-0.3, -0.25) is 9.36 Å². The average molecular weight is 473 g/mol. The fraction of sp³-hybridized carbons (Fsp3) is 0.316. The zero-order valence-electron chi connectivity index (χ0n) is 15.6. The van der Waals surface area contributed by atoms with Crippen LogP contribution in [-0.4, -0.2) is 25.9 Å². The van der Waals surface area contributed by atoms with E-state index < -0.39 is 22.9 Å². The molecule has 2 aromatic heterocycles. The summed E-state index contributed by atoms with van der Waals surface area (Å²) in [6, 6.07) is 7.03. The van der Waals surface area contributed by atoms with Crippen molar-refractivity contribution >= 4 is 46.3 Å². The van der Waals surface area contributed by atoms with Crippen LogP contribution in [0.15, 0.2) is 40.9 Å². The van der Waals surface area contributed by atoms with Gasteiger partial charge in [0.15, 0.2) is 11.0 Å². The average Bonchev–Trinajstić information content (AvgIpc) is 3.21. The van der Waals surface area contributed by atoms with E-state index in [0.717, 1.165) is 41.7 Å². The summed E-state index contributed by atoms with van der Waals surface area (Å²) in [7, 11) is 0. The number of aromatic nitrogens is 3. The molecule has 158 valence electrons. The third-order valence-electron chi connectivity index (χ3n) is 4.52. The maximum Gasteiger partial charge on any atom is 0.416 e. The Balaban J connectivity index is 1.51. The van der Waals surface area contributed by atoms with Crippen LogP contribution in [0.4, 0.5) is 18.9 Å². The second kappa shape index (κ2) is 8.24. The molecule has 0 bridgehead atoms. The van der Waals surface area contributed by atoms with Crippen molar-refractivity contribution in [2.24, 2.45) is 0 Å². The van der Waals surface area contributed by atoms with Gasteiger partial charge in [0.05, 0.1) is 26.4 Å². The van der Waals surface area contributed by atoms with Crippen molar-refractivity contribution in [2.45, 2.75) is 42.4 Å². The normalized spacial score (nSPS) is 15.2. The number of hydrogen-bond acceptors (Lipinski definition) is 5. The molecule has 0 aliphatic heterocycles. The fourth-order valence-corrected chi connectivity index (χ4v) is 4.63. The number of thioether (sulfide) groups is 1. The van der Waals surface area contributed by atoms with Crippen molar-refractivity contribution in [2.75, 3.05) is 5.32 Å². The lowest BCUT2D eigenvalue weighted by atomic mass is 10.2. The van der Waals surface area contributed by atoms with E-state index >= 15 is 0 Å². The number of nitrogens with zero attached hydrogens (tertiary/aromatic N) is 3. The molecule has 0 saturated heterocycles. The smallest absolute Gasteiger partial charge is 0.324 e. The van der Waals surface area contributed by atoms with E-state index in [1.807, 2.05) is 22.1 Å². The molecule has 1 N–H and O–H groups in total. The summed E-state index contributed by atoms with van der Waals surface area (Å²) < 4.78 is 40.9. The first-order valence-corrected chi connectivity index (χ1v) is 11.2. The number of halogens is 4. The predicted molar refractivity (Wildman–Crippen MR) is 112 cm³/mol. The lowest BCUT2D eigenvalue weighted by Gasteiger charge is -2.15. The standard InChI is InChI=1S/C19H16ClF3N4OS2/c1-10(17(28)24-14-9-11(19(21,22)23)4-7-13(14)20)30-18-26-25-16(15-3-2-8-29-15)27(18)12-5-6-12/h2-4,7-10,12H,5-6H2,1H3,(H,24,28)/t10-/m0/s1. The molecule has 1 atom stereocenters. The summed E-state index contributed by atoms with van der Waals surface area (Å²) in [6.07, 6.45) is -2.49.